The number of hydrogen-bond donors (Lipinski definition) is 1. The molecule has 2 aromatic carbocycles. The fourth-order valence-corrected chi connectivity index (χ4v) is 2.59. The summed E-state index contributed by atoms with van der Waals surface area (Å²) in [5.74, 6) is 1.08. The quantitative estimate of drug-likeness (QED) is 0.732. The predicted octanol–water partition coefficient (Wildman–Crippen LogP) is 1.69. The minimum Gasteiger partial charge on any atom is -0.497 e. The van der Waals surface area contributed by atoms with Crippen molar-refractivity contribution < 1.29 is 9.53 Å². The first-order valence-corrected chi connectivity index (χ1v) is 8.21. The zero-order valence-corrected chi connectivity index (χ0v) is 14.7. The van der Waals surface area contributed by atoms with E-state index in [1.807, 2.05) is 30.3 Å². The first-order valence-electron chi connectivity index (χ1n) is 8.21. The van der Waals surface area contributed by atoms with E-state index in [0.29, 0.717) is 30.2 Å². The summed E-state index contributed by atoms with van der Waals surface area (Å²) in [6.45, 7) is 0.595. The van der Waals surface area contributed by atoms with E-state index in [9.17, 15) is 9.59 Å². The lowest BCUT2D eigenvalue weighted by atomic mass is 10.2. The molecule has 0 fully saturated rings. The molecule has 7 heteroatoms. The van der Waals surface area contributed by atoms with E-state index < -0.39 is 0 Å². The van der Waals surface area contributed by atoms with Gasteiger partial charge in [-0.15, -0.1) is 5.10 Å². The molecule has 1 aromatic heterocycles. The Bertz CT molecular complexity index is 943. The molecule has 3 rings (SSSR count). The highest BCUT2D eigenvalue weighted by Gasteiger charge is 2.12. The highest BCUT2D eigenvalue weighted by atomic mass is 16.5. The molecule has 0 aliphatic heterocycles. The van der Waals surface area contributed by atoms with Gasteiger partial charge < -0.3 is 10.1 Å². The Morgan fingerprint density at radius 2 is 1.81 bits per heavy atom. The van der Waals surface area contributed by atoms with E-state index >= 15 is 0 Å². The van der Waals surface area contributed by atoms with Crippen molar-refractivity contribution in [2.75, 3.05) is 13.7 Å². The number of carbonyl (C=O) groups excluding carboxylic acids is 1. The van der Waals surface area contributed by atoms with Crippen LogP contribution in [0.15, 0.2) is 59.4 Å². The van der Waals surface area contributed by atoms with Crippen LogP contribution in [0.3, 0.4) is 0 Å². The highest BCUT2D eigenvalue weighted by Crippen LogP contribution is 2.13. The Kier molecular flexibility index (Phi) is 5.17. The number of ether oxygens (including phenoxy) is 1. The second-order valence-corrected chi connectivity index (χ2v) is 5.74. The summed E-state index contributed by atoms with van der Waals surface area (Å²) < 4.78 is 7.93. The van der Waals surface area contributed by atoms with Gasteiger partial charge in [-0.1, -0.05) is 30.3 Å². The number of benzene rings is 2. The molecule has 0 aliphatic rings. The molecule has 0 atom stereocenters. The molecular weight excluding hydrogens is 332 g/mol. The summed E-state index contributed by atoms with van der Waals surface area (Å²) >= 11 is 0. The lowest BCUT2D eigenvalue weighted by Crippen LogP contribution is -2.31. The van der Waals surface area contributed by atoms with Crippen LogP contribution in [0, 0.1) is 0 Å². The molecule has 26 heavy (non-hydrogen) atoms. The number of aromatic nitrogens is 3. The third-order valence-corrected chi connectivity index (χ3v) is 4.03. The summed E-state index contributed by atoms with van der Waals surface area (Å²) in [5.41, 5.74) is 1.18. The second kappa shape index (κ2) is 7.69. The molecule has 0 saturated heterocycles. The maximum Gasteiger partial charge on any atom is 0.345 e. The number of rotatable bonds is 6. The van der Waals surface area contributed by atoms with Crippen molar-refractivity contribution in [2.24, 2.45) is 7.05 Å². The maximum atomic E-state index is 12.3. The molecule has 3 aromatic rings. The average Bonchev–Trinajstić information content (AvgIpc) is 2.97. The number of hydrogen-bond acceptors (Lipinski definition) is 4. The van der Waals surface area contributed by atoms with Gasteiger partial charge in [0.1, 0.15) is 5.75 Å². The van der Waals surface area contributed by atoms with Crippen LogP contribution in [0.25, 0.3) is 11.4 Å². The summed E-state index contributed by atoms with van der Waals surface area (Å²) in [7, 11) is 3.26. The molecule has 1 heterocycles. The third-order valence-electron chi connectivity index (χ3n) is 4.03. The Morgan fingerprint density at radius 3 is 2.46 bits per heavy atom. The fraction of sp³-hybridized carbons (Fsp3) is 0.211. The van der Waals surface area contributed by atoms with Crippen LogP contribution in [-0.4, -0.2) is 33.9 Å². The number of methoxy groups -OCH3 is 1. The second-order valence-electron chi connectivity index (χ2n) is 5.74. The van der Waals surface area contributed by atoms with E-state index in [1.165, 1.54) is 9.25 Å². The molecule has 0 aliphatic carbocycles. The van der Waals surface area contributed by atoms with Crippen molar-refractivity contribution in [2.45, 2.75) is 6.54 Å². The summed E-state index contributed by atoms with van der Waals surface area (Å²) in [6.07, 6.45) is 0. The van der Waals surface area contributed by atoms with Gasteiger partial charge in [0, 0.05) is 24.7 Å². The SMILES string of the molecule is COc1ccc(C(=O)NCCn2nc(-c3ccccc3)n(C)c2=O)cc1. The van der Waals surface area contributed by atoms with E-state index in [-0.39, 0.29) is 11.6 Å². The predicted molar refractivity (Wildman–Crippen MR) is 98.2 cm³/mol. The van der Waals surface area contributed by atoms with Gasteiger partial charge in [-0.25, -0.2) is 9.48 Å². The van der Waals surface area contributed by atoms with Crippen LogP contribution in [0.2, 0.25) is 0 Å². The largest absolute Gasteiger partial charge is 0.497 e. The topological polar surface area (TPSA) is 78.2 Å². The molecule has 134 valence electrons. The van der Waals surface area contributed by atoms with Gasteiger partial charge in [-0.05, 0) is 24.3 Å². The summed E-state index contributed by atoms with van der Waals surface area (Å²) in [6, 6.07) is 16.3. The zero-order valence-electron chi connectivity index (χ0n) is 14.7. The molecule has 0 spiro atoms. The van der Waals surface area contributed by atoms with Gasteiger partial charge >= 0.3 is 5.69 Å². The molecule has 0 radical (unpaired) electrons. The van der Waals surface area contributed by atoms with E-state index in [2.05, 4.69) is 10.4 Å². The van der Waals surface area contributed by atoms with Crippen LogP contribution >= 0.6 is 0 Å². The fourth-order valence-electron chi connectivity index (χ4n) is 2.59. The van der Waals surface area contributed by atoms with Crippen molar-refractivity contribution in [3.8, 4) is 17.1 Å². The number of nitrogens with zero attached hydrogens (tertiary/aromatic N) is 3. The zero-order chi connectivity index (χ0) is 18.5. The van der Waals surface area contributed by atoms with E-state index in [0.717, 1.165) is 5.56 Å². The number of amides is 1. The highest BCUT2D eigenvalue weighted by molar-refractivity contribution is 5.94. The molecular formula is C19H20N4O3. The lowest BCUT2D eigenvalue weighted by molar-refractivity contribution is 0.0951. The third kappa shape index (κ3) is 3.66. The van der Waals surface area contributed by atoms with Crippen molar-refractivity contribution >= 4 is 5.91 Å². The normalized spacial score (nSPS) is 10.5. The Hall–Kier alpha value is -3.35. The van der Waals surface area contributed by atoms with Crippen molar-refractivity contribution in [3.63, 3.8) is 0 Å². The van der Waals surface area contributed by atoms with E-state index in [1.54, 1.807) is 38.4 Å². The van der Waals surface area contributed by atoms with Gasteiger partial charge in [-0.2, -0.15) is 0 Å². The standard InChI is InChI=1S/C19H20N4O3/c1-22-17(14-6-4-3-5-7-14)21-23(19(22)25)13-12-20-18(24)15-8-10-16(26-2)11-9-15/h3-11H,12-13H2,1-2H3,(H,20,24). The summed E-state index contributed by atoms with van der Waals surface area (Å²) in [4.78, 5) is 24.5. The van der Waals surface area contributed by atoms with Gasteiger partial charge in [0.15, 0.2) is 5.82 Å². The lowest BCUT2D eigenvalue weighted by Gasteiger charge is -2.05. The number of carbonyl (C=O) groups is 1. The molecule has 1 amide bonds. The summed E-state index contributed by atoms with van der Waals surface area (Å²) in [5, 5.41) is 7.16. The number of nitrogens with one attached hydrogen (secondary N) is 1. The van der Waals surface area contributed by atoms with Gasteiger partial charge in [0.2, 0.25) is 0 Å². The Labute approximate surface area is 150 Å². The Balaban J connectivity index is 1.65. The Morgan fingerprint density at radius 1 is 1.12 bits per heavy atom. The van der Waals surface area contributed by atoms with Gasteiger partial charge in [0.05, 0.1) is 13.7 Å². The molecule has 0 saturated carbocycles. The first-order chi connectivity index (χ1) is 12.6. The van der Waals surface area contributed by atoms with Gasteiger partial charge in [-0.3, -0.25) is 9.36 Å². The van der Waals surface area contributed by atoms with Crippen LogP contribution in [-0.2, 0) is 13.6 Å². The molecule has 1 N–H and O–H groups in total. The molecule has 7 nitrogen and oxygen atoms in total. The maximum absolute atomic E-state index is 12.3. The average molecular weight is 352 g/mol. The smallest absolute Gasteiger partial charge is 0.345 e. The monoisotopic (exact) mass is 352 g/mol. The minimum atomic E-state index is -0.220. The van der Waals surface area contributed by atoms with Crippen molar-refractivity contribution in [1.29, 1.82) is 0 Å². The molecule has 0 bridgehead atoms. The van der Waals surface area contributed by atoms with Crippen LogP contribution in [0.4, 0.5) is 0 Å². The van der Waals surface area contributed by atoms with Crippen molar-refractivity contribution in [1.82, 2.24) is 19.7 Å². The van der Waals surface area contributed by atoms with Crippen molar-refractivity contribution in [3.05, 3.63) is 70.6 Å². The first kappa shape index (κ1) is 17.5. The van der Waals surface area contributed by atoms with E-state index in [4.69, 9.17) is 4.74 Å². The van der Waals surface area contributed by atoms with Gasteiger partial charge in [0.25, 0.3) is 5.91 Å². The minimum absolute atomic E-state index is 0.208. The van der Waals surface area contributed by atoms with Crippen LogP contribution in [0.5, 0.6) is 5.75 Å². The molecule has 0 unspecified atom stereocenters. The van der Waals surface area contributed by atoms with Crippen LogP contribution in [0.1, 0.15) is 10.4 Å². The van der Waals surface area contributed by atoms with Crippen LogP contribution < -0.4 is 15.7 Å².